The van der Waals surface area contributed by atoms with Gasteiger partial charge in [-0.1, -0.05) is 26.2 Å². The molecule has 5 nitrogen and oxygen atoms in total. The number of rotatable bonds is 4. The van der Waals surface area contributed by atoms with Crippen LogP contribution in [-0.4, -0.2) is 27.3 Å². The molecule has 0 radical (unpaired) electrons. The molecule has 1 aromatic heterocycles. The molecule has 1 fully saturated rings. The van der Waals surface area contributed by atoms with Crippen molar-refractivity contribution in [3.05, 3.63) is 5.82 Å². The predicted molar refractivity (Wildman–Crippen MR) is 61.9 cm³/mol. The molecule has 0 amide bonds. The van der Waals surface area contributed by atoms with Crippen molar-refractivity contribution < 1.29 is 0 Å². The summed E-state index contributed by atoms with van der Waals surface area (Å²) in [4.78, 5) is 0. The van der Waals surface area contributed by atoms with Crippen molar-refractivity contribution in [2.45, 2.75) is 51.6 Å². The minimum atomic E-state index is 0.511. The predicted octanol–water partition coefficient (Wildman–Crippen LogP) is 1.53. The van der Waals surface area contributed by atoms with E-state index in [1.807, 2.05) is 11.7 Å². The van der Waals surface area contributed by atoms with Gasteiger partial charge in [-0.3, -0.25) is 0 Å². The highest BCUT2D eigenvalue weighted by Crippen LogP contribution is 2.33. The SMILES string of the molecule is CCC1CCCC(n2nnnc2CNC)C1. The highest BCUT2D eigenvalue weighted by molar-refractivity contribution is 4.86. The van der Waals surface area contributed by atoms with Crippen molar-refractivity contribution in [1.82, 2.24) is 25.5 Å². The number of aromatic nitrogens is 4. The van der Waals surface area contributed by atoms with Crippen LogP contribution < -0.4 is 5.32 Å². The zero-order valence-corrected chi connectivity index (χ0v) is 10.2. The average Bonchev–Trinajstić information content (AvgIpc) is 2.78. The molecule has 1 aromatic rings. The molecule has 1 N–H and O–H groups in total. The molecule has 1 aliphatic carbocycles. The summed E-state index contributed by atoms with van der Waals surface area (Å²) in [5.41, 5.74) is 0. The minimum absolute atomic E-state index is 0.511. The van der Waals surface area contributed by atoms with Crippen molar-refractivity contribution in [3.8, 4) is 0 Å². The van der Waals surface area contributed by atoms with Gasteiger partial charge in [0.05, 0.1) is 12.6 Å². The summed E-state index contributed by atoms with van der Waals surface area (Å²) in [5, 5.41) is 15.1. The maximum absolute atomic E-state index is 4.14. The first-order chi connectivity index (χ1) is 7.85. The molecule has 1 saturated carbocycles. The van der Waals surface area contributed by atoms with E-state index in [-0.39, 0.29) is 0 Å². The van der Waals surface area contributed by atoms with E-state index in [1.165, 1.54) is 32.1 Å². The van der Waals surface area contributed by atoms with Gasteiger partial charge >= 0.3 is 0 Å². The Morgan fingerprint density at radius 2 is 2.31 bits per heavy atom. The maximum atomic E-state index is 4.14. The lowest BCUT2D eigenvalue weighted by atomic mass is 9.84. The molecule has 1 heterocycles. The molecule has 2 unspecified atom stereocenters. The molecule has 16 heavy (non-hydrogen) atoms. The van der Waals surface area contributed by atoms with Gasteiger partial charge in [0.25, 0.3) is 0 Å². The summed E-state index contributed by atoms with van der Waals surface area (Å²) in [6.45, 7) is 3.03. The Kier molecular flexibility index (Phi) is 3.88. The summed E-state index contributed by atoms with van der Waals surface area (Å²) in [5.74, 6) is 1.81. The number of hydrogen-bond acceptors (Lipinski definition) is 4. The second-order valence-electron chi connectivity index (χ2n) is 4.66. The number of tetrazole rings is 1. The zero-order valence-electron chi connectivity index (χ0n) is 10.2. The van der Waals surface area contributed by atoms with Crippen LogP contribution in [0.4, 0.5) is 0 Å². The first-order valence-corrected chi connectivity index (χ1v) is 6.26. The fraction of sp³-hybridized carbons (Fsp3) is 0.909. The zero-order chi connectivity index (χ0) is 11.4. The van der Waals surface area contributed by atoms with Crippen LogP contribution in [0.1, 0.15) is 50.9 Å². The Bertz CT molecular complexity index is 322. The third-order valence-corrected chi connectivity index (χ3v) is 3.57. The summed E-state index contributed by atoms with van der Waals surface area (Å²) >= 11 is 0. The molecule has 0 spiro atoms. The molecule has 0 aliphatic heterocycles. The lowest BCUT2D eigenvalue weighted by Crippen LogP contribution is -2.23. The number of hydrogen-bond donors (Lipinski definition) is 1. The topological polar surface area (TPSA) is 55.6 Å². The quantitative estimate of drug-likeness (QED) is 0.841. The van der Waals surface area contributed by atoms with Gasteiger partial charge in [0.2, 0.25) is 0 Å². The van der Waals surface area contributed by atoms with Gasteiger partial charge in [-0.15, -0.1) is 5.10 Å². The molecule has 5 heteroatoms. The Balaban J connectivity index is 2.07. The Hall–Kier alpha value is -0.970. The first-order valence-electron chi connectivity index (χ1n) is 6.26. The van der Waals surface area contributed by atoms with E-state index >= 15 is 0 Å². The van der Waals surface area contributed by atoms with Crippen molar-refractivity contribution in [2.75, 3.05) is 7.05 Å². The number of nitrogens with zero attached hydrogens (tertiary/aromatic N) is 4. The van der Waals surface area contributed by atoms with E-state index < -0.39 is 0 Å². The van der Waals surface area contributed by atoms with Crippen molar-refractivity contribution in [1.29, 1.82) is 0 Å². The van der Waals surface area contributed by atoms with Crippen LogP contribution in [0.2, 0.25) is 0 Å². The van der Waals surface area contributed by atoms with Crippen LogP contribution in [0.15, 0.2) is 0 Å². The second-order valence-corrected chi connectivity index (χ2v) is 4.66. The van der Waals surface area contributed by atoms with Crippen LogP contribution in [0.5, 0.6) is 0 Å². The standard InChI is InChI=1S/C11H21N5/c1-3-9-5-4-6-10(7-9)16-11(8-12-2)13-14-15-16/h9-10,12H,3-8H2,1-2H3. The van der Waals surface area contributed by atoms with Gasteiger partial charge in [0.15, 0.2) is 5.82 Å². The molecular formula is C11H21N5. The summed E-state index contributed by atoms with van der Waals surface area (Å²) in [6, 6.07) is 0.511. The molecule has 90 valence electrons. The van der Waals surface area contributed by atoms with Crippen molar-refractivity contribution in [2.24, 2.45) is 5.92 Å². The van der Waals surface area contributed by atoms with E-state index in [9.17, 15) is 0 Å². The average molecular weight is 223 g/mol. The van der Waals surface area contributed by atoms with Gasteiger partial charge in [-0.2, -0.15) is 0 Å². The van der Waals surface area contributed by atoms with Gasteiger partial charge in [-0.25, -0.2) is 4.68 Å². The summed E-state index contributed by atoms with van der Waals surface area (Å²) in [6.07, 6.45) is 6.41. The summed E-state index contributed by atoms with van der Waals surface area (Å²) in [7, 11) is 1.93. The summed E-state index contributed by atoms with van der Waals surface area (Å²) < 4.78 is 2.03. The fourth-order valence-corrected chi connectivity index (χ4v) is 2.63. The molecule has 0 saturated heterocycles. The molecule has 2 atom stereocenters. The smallest absolute Gasteiger partial charge is 0.165 e. The van der Waals surface area contributed by atoms with E-state index in [0.717, 1.165) is 18.3 Å². The van der Waals surface area contributed by atoms with Crippen molar-refractivity contribution >= 4 is 0 Å². The normalized spacial score (nSPS) is 25.9. The highest BCUT2D eigenvalue weighted by Gasteiger charge is 2.24. The van der Waals surface area contributed by atoms with Gasteiger partial charge in [0, 0.05) is 0 Å². The van der Waals surface area contributed by atoms with E-state index in [2.05, 4.69) is 27.8 Å². The van der Waals surface area contributed by atoms with E-state index in [0.29, 0.717) is 6.04 Å². The van der Waals surface area contributed by atoms with E-state index in [1.54, 1.807) is 0 Å². The molecule has 0 aromatic carbocycles. The maximum Gasteiger partial charge on any atom is 0.165 e. The first kappa shape index (κ1) is 11.5. The number of nitrogens with one attached hydrogen (secondary N) is 1. The lowest BCUT2D eigenvalue weighted by Gasteiger charge is -2.28. The monoisotopic (exact) mass is 223 g/mol. The lowest BCUT2D eigenvalue weighted by molar-refractivity contribution is 0.240. The molecule has 2 rings (SSSR count). The van der Waals surface area contributed by atoms with Gasteiger partial charge in [0.1, 0.15) is 0 Å². The third-order valence-electron chi connectivity index (χ3n) is 3.57. The third kappa shape index (κ3) is 2.40. The van der Waals surface area contributed by atoms with Gasteiger partial charge in [-0.05, 0) is 36.2 Å². The van der Waals surface area contributed by atoms with Crippen molar-refractivity contribution in [3.63, 3.8) is 0 Å². The molecule has 0 bridgehead atoms. The van der Waals surface area contributed by atoms with Crippen LogP contribution in [-0.2, 0) is 6.54 Å². The Morgan fingerprint density at radius 3 is 3.06 bits per heavy atom. The van der Waals surface area contributed by atoms with Crippen LogP contribution in [0, 0.1) is 5.92 Å². The molecular weight excluding hydrogens is 202 g/mol. The second kappa shape index (κ2) is 5.39. The van der Waals surface area contributed by atoms with Crippen LogP contribution in [0.3, 0.4) is 0 Å². The van der Waals surface area contributed by atoms with Crippen LogP contribution in [0.25, 0.3) is 0 Å². The van der Waals surface area contributed by atoms with E-state index in [4.69, 9.17) is 0 Å². The van der Waals surface area contributed by atoms with Gasteiger partial charge < -0.3 is 5.32 Å². The Labute approximate surface area is 96.6 Å². The fourth-order valence-electron chi connectivity index (χ4n) is 2.63. The highest BCUT2D eigenvalue weighted by atomic mass is 15.6. The Morgan fingerprint density at radius 1 is 1.44 bits per heavy atom. The largest absolute Gasteiger partial charge is 0.313 e. The van der Waals surface area contributed by atoms with Crippen LogP contribution >= 0.6 is 0 Å². The minimum Gasteiger partial charge on any atom is -0.313 e. The molecule has 1 aliphatic rings.